The number of nitrogens with zero attached hydrogens (tertiary/aromatic N) is 2. The topological polar surface area (TPSA) is 9.86 Å². The summed E-state index contributed by atoms with van der Waals surface area (Å²) in [5.74, 6) is 0. The van der Waals surface area contributed by atoms with Crippen molar-refractivity contribution in [3.63, 3.8) is 0 Å². The lowest BCUT2D eigenvalue weighted by molar-refractivity contribution is 1.12. The van der Waals surface area contributed by atoms with Crippen LogP contribution in [0, 0.1) is 13.8 Å². The zero-order valence-electron chi connectivity index (χ0n) is 29.2. The van der Waals surface area contributed by atoms with Crippen LogP contribution in [-0.4, -0.2) is 9.13 Å². The van der Waals surface area contributed by atoms with Gasteiger partial charge in [-0.1, -0.05) is 121 Å². The lowest BCUT2D eigenvalue weighted by Crippen LogP contribution is -1.95. The molecule has 0 fully saturated rings. The molecule has 10 rings (SSSR count). The van der Waals surface area contributed by atoms with E-state index in [1.807, 2.05) is 0 Å². The minimum atomic E-state index is 1.16. The van der Waals surface area contributed by atoms with E-state index in [9.17, 15) is 0 Å². The van der Waals surface area contributed by atoms with Gasteiger partial charge in [0, 0.05) is 39.1 Å². The summed E-state index contributed by atoms with van der Waals surface area (Å²) in [6, 6.07) is 64.4. The number of aryl methyl sites for hydroxylation is 2. The fourth-order valence-electron chi connectivity index (χ4n) is 8.13. The molecule has 10 aromatic rings. The molecule has 2 aromatic heterocycles. The zero-order chi connectivity index (χ0) is 34.8. The minimum absolute atomic E-state index is 1.16. The molecule has 52 heavy (non-hydrogen) atoms. The van der Waals surface area contributed by atoms with Gasteiger partial charge in [0.2, 0.25) is 0 Å². The Morgan fingerprint density at radius 2 is 1.04 bits per heavy atom. The lowest BCUT2D eigenvalue weighted by atomic mass is 9.96. The molecule has 0 radical (unpaired) electrons. The Labute approximate surface area is 303 Å². The lowest BCUT2D eigenvalue weighted by Gasteiger charge is -2.13. The summed E-state index contributed by atoms with van der Waals surface area (Å²) < 4.78 is 4.76. The molecule has 2 heteroatoms. The second-order valence-corrected chi connectivity index (χ2v) is 13.9. The van der Waals surface area contributed by atoms with Gasteiger partial charge in [0.25, 0.3) is 0 Å². The second kappa shape index (κ2) is 12.0. The number of rotatable bonds is 5. The highest BCUT2D eigenvalue weighted by atomic mass is 15.0. The van der Waals surface area contributed by atoms with Crippen LogP contribution in [0.5, 0.6) is 0 Å². The van der Waals surface area contributed by atoms with Gasteiger partial charge in [-0.2, -0.15) is 0 Å². The van der Waals surface area contributed by atoms with Crippen LogP contribution in [0.2, 0.25) is 0 Å². The maximum absolute atomic E-state index is 2.45. The predicted octanol–water partition coefficient (Wildman–Crippen LogP) is 13.5. The molecule has 2 nitrogen and oxygen atoms in total. The predicted molar refractivity (Wildman–Crippen MR) is 221 cm³/mol. The molecule has 0 aliphatic heterocycles. The van der Waals surface area contributed by atoms with Crippen LogP contribution < -0.4 is 0 Å². The van der Waals surface area contributed by atoms with Crippen molar-refractivity contribution >= 4 is 43.5 Å². The summed E-state index contributed by atoms with van der Waals surface area (Å²) in [5.41, 5.74) is 16.0. The van der Waals surface area contributed by atoms with E-state index in [1.54, 1.807) is 0 Å². The number of hydrogen-bond acceptors (Lipinski definition) is 0. The monoisotopic (exact) mass is 664 g/mol. The molecule has 0 aliphatic rings. The minimum Gasteiger partial charge on any atom is -0.317 e. The zero-order valence-corrected chi connectivity index (χ0v) is 29.2. The van der Waals surface area contributed by atoms with Crippen LogP contribution in [0.15, 0.2) is 182 Å². The van der Waals surface area contributed by atoms with Crippen LogP contribution >= 0.6 is 0 Å². The van der Waals surface area contributed by atoms with Crippen molar-refractivity contribution in [2.75, 3.05) is 0 Å². The van der Waals surface area contributed by atoms with Gasteiger partial charge in [-0.3, -0.25) is 0 Å². The highest BCUT2D eigenvalue weighted by Crippen LogP contribution is 2.39. The van der Waals surface area contributed by atoms with Gasteiger partial charge in [-0.05, 0) is 118 Å². The fourth-order valence-corrected chi connectivity index (χ4v) is 8.13. The van der Waals surface area contributed by atoms with E-state index < -0.39 is 0 Å². The Morgan fingerprint density at radius 3 is 1.88 bits per heavy atom. The highest BCUT2D eigenvalue weighted by molar-refractivity contribution is 6.19. The van der Waals surface area contributed by atoms with Crippen molar-refractivity contribution < 1.29 is 0 Å². The first-order valence-electron chi connectivity index (χ1n) is 18.0. The molecule has 0 unspecified atom stereocenters. The summed E-state index contributed by atoms with van der Waals surface area (Å²) in [5, 5.41) is 6.25. The summed E-state index contributed by atoms with van der Waals surface area (Å²) in [4.78, 5) is 0. The third-order valence-corrected chi connectivity index (χ3v) is 10.8. The highest BCUT2D eigenvalue weighted by Gasteiger charge is 2.17. The summed E-state index contributed by atoms with van der Waals surface area (Å²) in [6.45, 7) is 4.39. The molecule has 246 valence electrons. The first kappa shape index (κ1) is 30.2. The van der Waals surface area contributed by atoms with Crippen molar-refractivity contribution in [1.29, 1.82) is 0 Å². The summed E-state index contributed by atoms with van der Waals surface area (Å²) in [6.07, 6.45) is 2.20. The van der Waals surface area contributed by atoms with Gasteiger partial charge in [0.05, 0.1) is 16.6 Å². The fraction of sp³-hybridized carbons (Fsp3) is 0.0400. The Morgan fingerprint density at radius 1 is 0.365 bits per heavy atom. The van der Waals surface area contributed by atoms with Crippen molar-refractivity contribution in [3.05, 3.63) is 193 Å². The largest absolute Gasteiger partial charge is 0.317 e. The van der Waals surface area contributed by atoms with E-state index in [-0.39, 0.29) is 0 Å². The van der Waals surface area contributed by atoms with Crippen LogP contribution in [0.4, 0.5) is 0 Å². The van der Waals surface area contributed by atoms with Crippen molar-refractivity contribution in [1.82, 2.24) is 9.13 Å². The Kier molecular flexibility index (Phi) is 6.97. The molecule has 0 aliphatic carbocycles. The van der Waals surface area contributed by atoms with E-state index in [2.05, 4.69) is 205 Å². The first-order chi connectivity index (χ1) is 25.6. The second-order valence-electron chi connectivity index (χ2n) is 13.9. The maximum atomic E-state index is 2.45. The third-order valence-electron chi connectivity index (χ3n) is 10.8. The maximum Gasteiger partial charge on any atom is 0.0619 e. The third kappa shape index (κ3) is 4.87. The van der Waals surface area contributed by atoms with Crippen molar-refractivity contribution in [2.45, 2.75) is 13.8 Å². The van der Waals surface area contributed by atoms with Gasteiger partial charge in [-0.15, -0.1) is 0 Å². The van der Waals surface area contributed by atoms with E-state index in [0.29, 0.717) is 0 Å². The Bertz CT molecular complexity index is 2960. The normalized spacial score (nSPS) is 11.7. The van der Waals surface area contributed by atoms with Gasteiger partial charge >= 0.3 is 0 Å². The SMILES string of the molecule is Cc1ccccc1-c1cc(-n2ccc3cc(-c4ccc5c(c4)c4ccc6ccccc6c4n5-c4ccc(-c5ccccc5)cc4)ccc32)ccc1C. The molecule has 0 saturated heterocycles. The first-order valence-corrected chi connectivity index (χ1v) is 18.0. The van der Waals surface area contributed by atoms with Gasteiger partial charge < -0.3 is 9.13 Å². The smallest absolute Gasteiger partial charge is 0.0619 e. The summed E-state index contributed by atoms with van der Waals surface area (Å²) in [7, 11) is 0. The van der Waals surface area contributed by atoms with Gasteiger partial charge in [0.1, 0.15) is 0 Å². The van der Waals surface area contributed by atoms with E-state index in [4.69, 9.17) is 0 Å². The molecular weight excluding hydrogens is 629 g/mol. The molecule has 0 N–H and O–H groups in total. The van der Waals surface area contributed by atoms with Crippen LogP contribution in [-0.2, 0) is 0 Å². The Balaban J connectivity index is 1.09. The quantitative estimate of drug-likeness (QED) is 0.173. The number of hydrogen-bond donors (Lipinski definition) is 0. The average Bonchev–Trinajstić information content (AvgIpc) is 3.78. The van der Waals surface area contributed by atoms with E-state index in [0.717, 1.165) is 5.69 Å². The molecule has 2 heterocycles. The molecule has 0 saturated carbocycles. The van der Waals surface area contributed by atoms with Crippen LogP contribution in [0.3, 0.4) is 0 Å². The standard InChI is InChI=1S/C50H36N2/c1-33-10-6-8-14-43(33)46-32-42(22-16-34(46)2)51-29-28-40-30-38(20-26-48(40)51)39-21-27-49-47(31-39)45-25-19-37-13-7-9-15-44(37)50(45)52(49)41-23-17-36(18-24-41)35-11-4-3-5-12-35/h3-32H,1-2H3. The van der Waals surface area contributed by atoms with Crippen molar-refractivity contribution in [2.24, 2.45) is 0 Å². The van der Waals surface area contributed by atoms with Crippen LogP contribution in [0.1, 0.15) is 11.1 Å². The molecule has 0 amide bonds. The van der Waals surface area contributed by atoms with Crippen molar-refractivity contribution in [3.8, 4) is 44.8 Å². The number of fused-ring (bicyclic) bond motifs is 6. The Hall–Kier alpha value is -6.64. The molecule has 0 bridgehead atoms. The van der Waals surface area contributed by atoms with E-state index in [1.165, 1.54) is 93.7 Å². The number of benzene rings is 8. The average molecular weight is 665 g/mol. The summed E-state index contributed by atoms with van der Waals surface area (Å²) >= 11 is 0. The molecule has 0 atom stereocenters. The molecular formula is C50H36N2. The number of aromatic nitrogens is 2. The van der Waals surface area contributed by atoms with E-state index >= 15 is 0 Å². The molecule has 0 spiro atoms. The van der Waals surface area contributed by atoms with Gasteiger partial charge in [-0.25, -0.2) is 0 Å². The molecule has 8 aromatic carbocycles. The van der Waals surface area contributed by atoms with Crippen LogP contribution in [0.25, 0.3) is 88.2 Å². The van der Waals surface area contributed by atoms with Gasteiger partial charge in [0.15, 0.2) is 0 Å².